The molecule has 0 aliphatic heterocycles. The summed E-state index contributed by atoms with van der Waals surface area (Å²) in [6.07, 6.45) is 2.76. The monoisotopic (exact) mass is 239 g/mol. The van der Waals surface area contributed by atoms with Gasteiger partial charge in [-0.25, -0.2) is 4.98 Å². The summed E-state index contributed by atoms with van der Waals surface area (Å²) in [7, 11) is 2.23. The first-order chi connectivity index (χ1) is 7.66. The normalized spacial score (nSPS) is 18.0. The van der Waals surface area contributed by atoms with E-state index < -0.39 is 0 Å². The fourth-order valence-electron chi connectivity index (χ4n) is 1.86. The maximum atomic E-state index is 4.44. The van der Waals surface area contributed by atoms with Gasteiger partial charge in [0.05, 0.1) is 0 Å². The van der Waals surface area contributed by atoms with Gasteiger partial charge in [0.25, 0.3) is 0 Å². The third-order valence-corrected chi connectivity index (χ3v) is 4.17. The van der Waals surface area contributed by atoms with Crippen LogP contribution in [0.1, 0.15) is 30.5 Å². The van der Waals surface area contributed by atoms with Crippen LogP contribution in [0.5, 0.6) is 0 Å². The summed E-state index contributed by atoms with van der Waals surface area (Å²) in [5.74, 6) is 0. The highest BCUT2D eigenvalue weighted by atomic mass is 32.1. The Labute approximate surface area is 102 Å². The van der Waals surface area contributed by atoms with Gasteiger partial charge in [0.15, 0.2) is 0 Å². The average molecular weight is 239 g/mol. The molecule has 0 amide bonds. The molecule has 1 aromatic heterocycles. The second-order valence-corrected chi connectivity index (χ2v) is 5.70. The van der Waals surface area contributed by atoms with Gasteiger partial charge in [-0.15, -0.1) is 11.3 Å². The molecule has 0 aromatic carbocycles. The zero-order valence-corrected chi connectivity index (χ0v) is 11.2. The fraction of sp³-hybridized carbons (Fsp3) is 0.750. The highest BCUT2D eigenvalue weighted by molar-refractivity contribution is 7.09. The molecule has 4 heteroatoms. The molecule has 1 aliphatic rings. The van der Waals surface area contributed by atoms with Crippen LogP contribution in [0.15, 0.2) is 5.38 Å². The molecule has 1 fully saturated rings. The predicted octanol–water partition coefficient (Wildman–Crippen LogP) is 2.02. The maximum Gasteiger partial charge on any atom is 0.107 e. The molecular weight excluding hydrogens is 218 g/mol. The lowest BCUT2D eigenvalue weighted by Gasteiger charge is -2.24. The molecule has 0 saturated heterocycles. The molecule has 1 unspecified atom stereocenters. The number of likely N-dealkylation sites (N-methyl/N-ethyl adjacent to an activating group) is 1. The Balaban J connectivity index is 1.67. The number of hydrogen-bond acceptors (Lipinski definition) is 4. The van der Waals surface area contributed by atoms with Crippen LogP contribution in [0.25, 0.3) is 0 Å². The van der Waals surface area contributed by atoms with Gasteiger partial charge in [-0.05, 0) is 33.7 Å². The van der Waals surface area contributed by atoms with Gasteiger partial charge >= 0.3 is 0 Å². The van der Waals surface area contributed by atoms with Crippen molar-refractivity contribution in [1.29, 1.82) is 0 Å². The lowest BCUT2D eigenvalue weighted by atomic mass is 10.3. The smallest absolute Gasteiger partial charge is 0.107 e. The van der Waals surface area contributed by atoms with Crippen LogP contribution in [-0.2, 0) is 6.54 Å². The summed E-state index contributed by atoms with van der Waals surface area (Å²) in [5.41, 5.74) is 1.13. The molecule has 1 atom stereocenters. The summed E-state index contributed by atoms with van der Waals surface area (Å²) in [5, 5.41) is 6.79. The molecule has 1 heterocycles. The van der Waals surface area contributed by atoms with E-state index in [9.17, 15) is 0 Å². The Morgan fingerprint density at radius 1 is 1.62 bits per heavy atom. The Morgan fingerprint density at radius 3 is 2.94 bits per heavy atom. The van der Waals surface area contributed by atoms with Crippen LogP contribution in [0, 0.1) is 6.92 Å². The van der Waals surface area contributed by atoms with Crippen molar-refractivity contribution in [3.8, 4) is 0 Å². The van der Waals surface area contributed by atoms with Crippen LogP contribution in [0.3, 0.4) is 0 Å². The molecule has 3 nitrogen and oxygen atoms in total. The zero-order valence-electron chi connectivity index (χ0n) is 10.4. The number of aromatic nitrogens is 1. The molecule has 1 aromatic rings. The first kappa shape index (κ1) is 12.0. The molecular formula is C12H21N3S. The average Bonchev–Trinajstić information content (AvgIpc) is 3.02. The van der Waals surface area contributed by atoms with Crippen molar-refractivity contribution < 1.29 is 0 Å². The second-order valence-electron chi connectivity index (χ2n) is 4.76. The van der Waals surface area contributed by atoms with Gasteiger partial charge < -0.3 is 5.32 Å². The summed E-state index contributed by atoms with van der Waals surface area (Å²) in [6.45, 7) is 6.29. The quantitative estimate of drug-likeness (QED) is 0.823. The van der Waals surface area contributed by atoms with E-state index in [0.29, 0.717) is 6.04 Å². The minimum atomic E-state index is 0.619. The Kier molecular flexibility index (Phi) is 3.95. The van der Waals surface area contributed by atoms with E-state index in [0.717, 1.165) is 24.8 Å². The summed E-state index contributed by atoms with van der Waals surface area (Å²) < 4.78 is 0. The largest absolute Gasteiger partial charge is 0.309 e. The third kappa shape index (κ3) is 3.27. The van der Waals surface area contributed by atoms with E-state index in [4.69, 9.17) is 0 Å². The highest BCUT2D eigenvalue weighted by Gasteiger charge is 2.28. The lowest BCUT2D eigenvalue weighted by molar-refractivity contribution is 0.241. The third-order valence-electron chi connectivity index (χ3n) is 3.20. The van der Waals surface area contributed by atoms with Gasteiger partial charge in [-0.3, -0.25) is 4.90 Å². The first-order valence-corrected chi connectivity index (χ1v) is 6.88. The molecule has 2 rings (SSSR count). The molecule has 16 heavy (non-hydrogen) atoms. The van der Waals surface area contributed by atoms with Crippen molar-refractivity contribution >= 4 is 11.3 Å². The number of nitrogens with one attached hydrogen (secondary N) is 1. The predicted molar refractivity (Wildman–Crippen MR) is 68.8 cm³/mol. The molecule has 1 N–H and O–H groups in total. The van der Waals surface area contributed by atoms with Gasteiger partial charge in [-0.2, -0.15) is 0 Å². The number of thiazole rings is 1. The topological polar surface area (TPSA) is 28.2 Å². The summed E-state index contributed by atoms with van der Waals surface area (Å²) >= 11 is 1.74. The molecule has 1 saturated carbocycles. The van der Waals surface area contributed by atoms with E-state index in [1.54, 1.807) is 11.3 Å². The van der Waals surface area contributed by atoms with Crippen molar-refractivity contribution in [3.63, 3.8) is 0 Å². The molecule has 0 radical (unpaired) electrons. The lowest BCUT2D eigenvalue weighted by Crippen LogP contribution is -2.38. The van der Waals surface area contributed by atoms with Crippen molar-refractivity contribution in [2.24, 2.45) is 0 Å². The van der Waals surface area contributed by atoms with E-state index in [-0.39, 0.29) is 0 Å². The molecule has 0 bridgehead atoms. The van der Waals surface area contributed by atoms with Crippen LogP contribution in [0.4, 0.5) is 0 Å². The van der Waals surface area contributed by atoms with Crippen LogP contribution >= 0.6 is 11.3 Å². The van der Waals surface area contributed by atoms with Crippen molar-refractivity contribution in [1.82, 2.24) is 15.2 Å². The van der Waals surface area contributed by atoms with Crippen molar-refractivity contribution in [2.75, 3.05) is 13.6 Å². The van der Waals surface area contributed by atoms with E-state index >= 15 is 0 Å². The van der Waals surface area contributed by atoms with E-state index in [1.807, 2.05) is 6.92 Å². The van der Waals surface area contributed by atoms with Gasteiger partial charge in [0.2, 0.25) is 0 Å². The van der Waals surface area contributed by atoms with Crippen LogP contribution in [0.2, 0.25) is 0 Å². The number of hydrogen-bond donors (Lipinski definition) is 1. The number of rotatable bonds is 6. The first-order valence-electron chi connectivity index (χ1n) is 6.00. The number of nitrogens with zero attached hydrogens (tertiary/aromatic N) is 2. The van der Waals surface area contributed by atoms with Crippen molar-refractivity contribution in [3.05, 3.63) is 16.1 Å². The van der Waals surface area contributed by atoms with E-state index in [2.05, 4.69) is 34.6 Å². The minimum absolute atomic E-state index is 0.619. The Bertz CT molecular complexity index is 333. The molecule has 0 spiro atoms. The second kappa shape index (κ2) is 5.25. The highest BCUT2D eigenvalue weighted by Crippen LogP contribution is 2.26. The molecule has 90 valence electrons. The Morgan fingerprint density at radius 2 is 2.38 bits per heavy atom. The van der Waals surface area contributed by atoms with E-state index in [1.165, 1.54) is 17.8 Å². The SMILES string of the molecule is Cc1csc(CNCC(C)N(C)C2CC2)n1. The fourth-order valence-corrected chi connectivity index (χ4v) is 2.60. The van der Waals surface area contributed by atoms with Crippen LogP contribution < -0.4 is 5.32 Å². The minimum Gasteiger partial charge on any atom is -0.309 e. The standard InChI is InChI=1S/C12H21N3S/c1-9-8-16-12(14-9)7-13-6-10(2)15(3)11-4-5-11/h8,10-11,13H,4-7H2,1-3H3. The van der Waals surface area contributed by atoms with Crippen molar-refractivity contribution in [2.45, 2.75) is 45.3 Å². The maximum absolute atomic E-state index is 4.44. The zero-order chi connectivity index (χ0) is 11.5. The summed E-state index contributed by atoms with van der Waals surface area (Å²) in [4.78, 5) is 6.93. The summed E-state index contributed by atoms with van der Waals surface area (Å²) in [6, 6.07) is 1.47. The number of aryl methyl sites for hydroxylation is 1. The van der Waals surface area contributed by atoms with Gasteiger partial charge in [0.1, 0.15) is 5.01 Å². The molecule has 1 aliphatic carbocycles. The Hall–Kier alpha value is -0.450. The van der Waals surface area contributed by atoms with Gasteiger partial charge in [-0.1, -0.05) is 0 Å². The van der Waals surface area contributed by atoms with Crippen LogP contribution in [-0.4, -0.2) is 35.6 Å². The van der Waals surface area contributed by atoms with Gasteiger partial charge in [0, 0.05) is 36.2 Å².